The summed E-state index contributed by atoms with van der Waals surface area (Å²) in [7, 11) is 9.88. The molecule has 1 aliphatic rings. The van der Waals surface area contributed by atoms with Gasteiger partial charge in [-0.3, -0.25) is 4.90 Å². The van der Waals surface area contributed by atoms with E-state index in [1.165, 1.54) is 0 Å². The van der Waals surface area contributed by atoms with Crippen molar-refractivity contribution < 1.29 is 0 Å². The summed E-state index contributed by atoms with van der Waals surface area (Å²) in [5, 5.41) is 1.15. The van der Waals surface area contributed by atoms with E-state index in [-0.39, 0.29) is 5.50 Å². The molecule has 0 aromatic rings. The first-order valence-electron chi connectivity index (χ1n) is 6.09. The lowest BCUT2D eigenvalue weighted by Crippen LogP contribution is -2.35. The zero-order valence-electron chi connectivity index (χ0n) is 11.5. The largest absolute Gasteiger partial charge is 0.353 e. The number of nitrogens with zero attached hydrogens (tertiary/aromatic N) is 4. The monoisotopic (exact) mass is 276 g/mol. The number of amidine groups is 1. The summed E-state index contributed by atoms with van der Waals surface area (Å²) in [4.78, 5) is 11.5. The zero-order chi connectivity index (χ0) is 12.8. The maximum atomic E-state index is 4.69. The van der Waals surface area contributed by atoms with Crippen LogP contribution in [-0.2, 0) is 0 Å². The molecule has 0 amide bonds. The highest BCUT2D eigenvalue weighted by atomic mass is 33.1. The molecule has 1 atom stereocenters. The molecule has 0 aromatic carbocycles. The Morgan fingerprint density at radius 3 is 2.24 bits per heavy atom. The average Bonchev–Trinajstić information content (AvgIpc) is 2.79. The van der Waals surface area contributed by atoms with E-state index < -0.39 is 0 Å². The molecule has 6 heteroatoms. The summed E-state index contributed by atoms with van der Waals surface area (Å²) in [6, 6.07) is 0. The van der Waals surface area contributed by atoms with Crippen molar-refractivity contribution in [2.75, 3.05) is 47.3 Å². The van der Waals surface area contributed by atoms with Gasteiger partial charge in [0.1, 0.15) is 0 Å². The van der Waals surface area contributed by atoms with Crippen molar-refractivity contribution in [3.05, 3.63) is 0 Å². The highest BCUT2D eigenvalue weighted by Crippen LogP contribution is 2.37. The summed E-state index contributed by atoms with van der Waals surface area (Å²) < 4.78 is 0. The van der Waals surface area contributed by atoms with Gasteiger partial charge in [-0.1, -0.05) is 13.8 Å². The number of rotatable bonds is 6. The van der Waals surface area contributed by atoms with Gasteiger partial charge in [-0.25, -0.2) is 4.99 Å². The van der Waals surface area contributed by atoms with Crippen molar-refractivity contribution >= 4 is 26.8 Å². The highest BCUT2D eigenvalue weighted by molar-refractivity contribution is 8.82. The van der Waals surface area contributed by atoms with Crippen molar-refractivity contribution in [1.82, 2.24) is 14.7 Å². The normalized spacial score (nSPS) is 20.2. The van der Waals surface area contributed by atoms with Crippen LogP contribution in [0.1, 0.15) is 13.8 Å². The van der Waals surface area contributed by atoms with E-state index in [1.54, 1.807) is 10.8 Å². The Morgan fingerprint density at radius 1 is 1.12 bits per heavy atom. The lowest BCUT2D eigenvalue weighted by Gasteiger charge is -2.23. The lowest BCUT2D eigenvalue weighted by atomic mass is 10.4. The standard InChI is InChI=1S/C11H24N4S2/c1-6-15(7-2)9-8-14(5)11-12-10(13(3)4)16-17-11/h10H,6-9H2,1-5H3. The van der Waals surface area contributed by atoms with Crippen LogP contribution in [0.2, 0.25) is 0 Å². The lowest BCUT2D eigenvalue weighted by molar-refractivity contribution is 0.280. The molecule has 100 valence electrons. The number of likely N-dealkylation sites (N-methyl/N-ethyl adjacent to an activating group) is 2. The molecule has 0 radical (unpaired) electrons. The van der Waals surface area contributed by atoms with Crippen molar-refractivity contribution in [1.29, 1.82) is 0 Å². The Hall–Kier alpha value is 0.0900. The van der Waals surface area contributed by atoms with Crippen LogP contribution in [0.3, 0.4) is 0 Å². The minimum atomic E-state index is 0.269. The first kappa shape index (κ1) is 15.1. The molecule has 0 fully saturated rings. The van der Waals surface area contributed by atoms with E-state index in [4.69, 9.17) is 4.99 Å². The minimum absolute atomic E-state index is 0.269. The zero-order valence-corrected chi connectivity index (χ0v) is 13.1. The predicted octanol–water partition coefficient (Wildman–Crippen LogP) is 1.86. The Kier molecular flexibility index (Phi) is 6.69. The third-order valence-electron chi connectivity index (χ3n) is 2.84. The van der Waals surface area contributed by atoms with Crippen LogP contribution in [0.4, 0.5) is 0 Å². The SMILES string of the molecule is CCN(CC)CCN(C)C1=NC(N(C)C)SS1. The number of hydrogen-bond donors (Lipinski definition) is 0. The summed E-state index contributed by atoms with van der Waals surface area (Å²) in [6.07, 6.45) is 0. The van der Waals surface area contributed by atoms with Crippen molar-refractivity contribution in [3.63, 3.8) is 0 Å². The van der Waals surface area contributed by atoms with Crippen LogP contribution < -0.4 is 0 Å². The van der Waals surface area contributed by atoms with Crippen LogP contribution in [0.15, 0.2) is 4.99 Å². The molecule has 0 spiro atoms. The van der Waals surface area contributed by atoms with Gasteiger partial charge in [-0.05, 0) is 48.8 Å². The van der Waals surface area contributed by atoms with Gasteiger partial charge in [0.25, 0.3) is 0 Å². The van der Waals surface area contributed by atoms with E-state index >= 15 is 0 Å². The quantitative estimate of drug-likeness (QED) is 0.689. The molecule has 0 aliphatic carbocycles. The topological polar surface area (TPSA) is 22.1 Å². The van der Waals surface area contributed by atoms with Gasteiger partial charge >= 0.3 is 0 Å². The molecule has 0 saturated heterocycles. The fourth-order valence-corrected chi connectivity index (χ4v) is 4.10. The van der Waals surface area contributed by atoms with Gasteiger partial charge in [0.05, 0.1) is 0 Å². The fourth-order valence-electron chi connectivity index (χ4n) is 1.51. The molecule has 17 heavy (non-hydrogen) atoms. The molecule has 0 aromatic heterocycles. The van der Waals surface area contributed by atoms with Crippen LogP contribution in [0.25, 0.3) is 0 Å². The molecule has 1 unspecified atom stereocenters. The van der Waals surface area contributed by atoms with Crippen LogP contribution in [-0.4, -0.2) is 72.7 Å². The molecule has 1 rings (SSSR count). The number of aliphatic imine (C=N–C) groups is 1. The molecule has 0 saturated carbocycles. The van der Waals surface area contributed by atoms with E-state index in [2.05, 4.69) is 49.7 Å². The van der Waals surface area contributed by atoms with Gasteiger partial charge < -0.3 is 9.80 Å². The second kappa shape index (κ2) is 7.51. The molecule has 1 heterocycles. The average molecular weight is 276 g/mol. The fraction of sp³-hybridized carbons (Fsp3) is 0.909. The minimum Gasteiger partial charge on any atom is -0.353 e. The Labute approximate surface area is 113 Å². The first-order chi connectivity index (χ1) is 8.08. The van der Waals surface area contributed by atoms with E-state index in [0.717, 1.165) is 31.3 Å². The maximum absolute atomic E-state index is 4.69. The van der Waals surface area contributed by atoms with Gasteiger partial charge in [-0.15, -0.1) is 0 Å². The van der Waals surface area contributed by atoms with E-state index in [0.29, 0.717) is 0 Å². The second-order valence-electron chi connectivity index (χ2n) is 4.33. The van der Waals surface area contributed by atoms with E-state index in [9.17, 15) is 0 Å². The maximum Gasteiger partial charge on any atom is 0.172 e. The van der Waals surface area contributed by atoms with Crippen molar-refractivity contribution in [2.45, 2.75) is 19.3 Å². The molecule has 0 N–H and O–H groups in total. The Morgan fingerprint density at radius 2 is 1.76 bits per heavy atom. The van der Waals surface area contributed by atoms with Crippen molar-refractivity contribution in [2.24, 2.45) is 4.99 Å². The summed E-state index contributed by atoms with van der Waals surface area (Å²) in [5.41, 5.74) is 0.269. The third-order valence-corrected chi connectivity index (χ3v) is 5.46. The predicted molar refractivity (Wildman–Crippen MR) is 80.5 cm³/mol. The van der Waals surface area contributed by atoms with Gasteiger partial charge in [0.2, 0.25) is 0 Å². The second-order valence-corrected chi connectivity index (χ2v) is 6.55. The highest BCUT2D eigenvalue weighted by Gasteiger charge is 2.23. The summed E-state index contributed by atoms with van der Waals surface area (Å²) in [6.45, 7) is 8.83. The van der Waals surface area contributed by atoms with Crippen LogP contribution >= 0.6 is 21.6 Å². The van der Waals surface area contributed by atoms with Crippen molar-refractivity contribution in [3.8, 4) is 0 Å². The molecule has 0 bridgehead atoms. The van der Waals surface area contributed by atoms with Crippen LogP contribution in [0.5, 0.6) is 0 Å². The molecular weight excluding hydrogens is 252 g/mol. The molecule has 4 nitrogen and oxygen atoms in total. The van der Waals surface area contributed by atoms with Crippen LogP contribution in [0, 0.1) is 0 Å². The molecule has 1 aliphatic heterocycles. The Bertz CT molecular complexity index is 254. The number of hydrogen-bond acceptors (Lipinski definition) is 6. The van der Waals surface area contributed by atoms with E-state index in [1.807, 2.05) is 10.8 Å². The Balaban J connectivity index is 2.38. The van der Waals surface area contributed by atoms with Gasteiger partial charge in [0.15, 0.2) is 10.7 Å². The van der Waals surface area contributed by atoms with Gasteiger partial charge in [-0.2, -0.15) is 0 Å². The summed E-state index contributed by atoms with van der Waals surface area (Å²) in [5.74, 6) is 0. The van der Waals surface area contributed by atoms with Gasteiger partial charge in [0, 0.05) is 20.1 Å². The summed E-state index contributed by atoms with van der Waals surface area (Å²) >= 11 is 0. The smallest absolute Gasteiger partial charge is 0.172 e. The third kappa shape index (κ3) is 4.69. The first-order valence-corrected chi connectivity index (χ1v) is 8.30. The molecular formula is C11H24N4S2.